The van der Waals surface area contributed by atoms with E-state index >= 15 is 0 Å². The summed E-state index contributed by atoms with van der Waals surface area (Å²) >= 11 is 0. The third kappa shape index (κ3) is 4.75. The van der Waals surface area contributed by atoms with Crippen molar-refractivity contribution in [1.82, 2.24) is 24.5 Å². The maximum absolute atomic E-state index is 5.81. The van der Waals surface area contributed by atoms with Gasteiger partial charge in [-0.15, -0.1) is 0 Å². The van der Waals surface area contributed by atoms with E-state index in [1.54, 1.807) is 18.7 Å². The van der Waals surface area contributed by atoms with Gasteiger partial charge in [0.2, 0.25) is 5.95 Å². The van der Waals surface area contributed by atoms with Crippen LogP contribution in [0.5, 0.6) is 6.01 Å². The molecule has 0 atom stereocenters. The number of ether oxygens (including phenoxy) is 2. The quantitative estimate of drug-likeness (QED) is 0.426. The molecular formula is C22H24N8O2. The average molecular weight is 432 g/mol. The fourth-order valence-electron chi connectivity index (χ4n) is 3.62. The number of aromatic nitrogens is 5. The molecule has 10 heteroatoms. The molecular weight excluding hydrogens is 408 g/mol. The first-order valence-electron chi connectivity index (χ1n) is 10.6. The van der Waals surface area contributed by atoms with Crippen molar-refractivity contribution in [2.75, 3.05) is 43.2 Å². The summed E-state index contributed by atoms with van der Waals surface area (Å²) in [6.07, 6.45) is 10.2. The Kier molecular flexibility index (Phi) is 6.02. The van der Waals surface area contributed by atoms with Crippen molar-refractivity contribution in [2.24, 2.45) is 5.10 Å². The Bertz CT molecular complexity index is 1110. The zero-order valence-corrected chi connectivity index (χ0v) is 17.6. The molecule has 10 nitrogen and oxygen atoms in total. The number of rotatable bonds is 8. The van der Waals surface area contributed by atoms with Gasteiger partial charge in [-0.3, -0.25) is 0 Å². The summed E-state index contributed by atoms with van der Waals surface area (Å²) in [5.74, 6) is 0.881. The van der Waals surface area contributed by atoms with Crippen molar-refractivity contribution in [3.05, 3.63) is 60.2 Å². The van der Waals surface area contributed by atoms with E-state index in [0.717, 1.165) is 12.0 Å². The second kappa shape index (κ2) is 9.56. The summed E-state index contributed by atoms with van der Waals surface area (Å²) in [4.78, 5) is 19.5. The molecule has 32 heavy (non-hydrogen) atoms. The summed E-state index contributed by atoms with van der Waals surface area (Å²) in [7, 11) is 0. The minimum Gasteiger partial charge on any atom is -0.461 e. The summed E-state index contributed by atoms with van der Waals surface area (Å²) in [5.41, 5.74) is 6.52. The fourth-order valence-corrected chi connectivity index (χ4v) is 3.62. The summed E-state index contributed by atoms with van der Waals surface area (Å²) < 4.78 is 13.2. The van der Waals surface area contributed by atoms with Crippen LogP contribution in [0.4, 0.5) is 11.9 Å². The van der Waals surface area contributed by atoms with Crippen LogP contribution in [0.15, 0.2) is 54.2 Å². The Morgan fingerprint density at radius 1 is 1.16 bits per heavy atom. The standard InChI is InChI=1S/C22H24N8O2/c1-2-4-19-17(3-1)5-6-18(19)15-24-28-20-25-21(30-10-12-31-13-11-30)27-22(26-20)32-14-9-29-8-7-23-16-29/h1-4,6-8,15-16H,5,9-14H2,(H,25,26,27,28)/b24-15-. The molecule has 1 aliphatic carbocycles. The van der Waals surface area contributed by atoms with Gasteiger partial charge in [0.15, 0.2) is 0 Å². The Labute approximate surface area is 185 Å². The lowest BCUT2D eigenvalue weighted by Gasteiger charge is -2.26. The van der Waals surface area contributed by atoms with Crippen LogP contribution < -0.4 is 15.1 Å². The molecule has 0 bridgehead atoms. The predicted octanol–water partition coefficient (Wildman–Crippen LogP) is 2.02. The van der Waals surface area contributed by atoms with Gasteiger partial charge in [-0.2, -0.15) is 20.1 Å². The van der Waals surface area contributed by atoms with Crippen molar-refractivity contribution in [2.45, 2.75) is 13.0 Å². The van der Waals surface area contributed by atoms with Gasteiger partial charge < -0.3 is 18.9 Å². The lowest BCUT2D eigenvalue weighted by atomic mass is 10.1. The van der Waals surface area contributed by atoms with Crippen molar-refractivity contribution in [1.29, 1.82) is 0 Å². The molecule has 3 aromatic rings. The van der Waals surface area contributed by atoms with Gasteiger partial charge >= 0.3 is 6.01 Å². The Morgan fingerprint density at radius 2 is 2.06 bits per heavy atom. The van der Waals surface area contributed by atoms with Crippen LogP contribution in [0, 0.1) is 0 Å². The minimum absolute atomic E-state index is 0.254. The topological polar surface area (TPSA) is 103 Å². The molecule has 0 unspecified atom stereocenters. The highest BCUT2D eigenvalue weighted by molar-refractivity contribution is 6.11. The average Bonchev–Trinajstić information content (AvgIpc) is 3.50. The normalized spacial score (nSPS) is 15.6. The minimum atomic E-state index is 0.254. The summed E-state index contributed by atoms with van der Waals surface area (Å²) in [5, 5.41) is 4.36. The van der Waals surface area contributed by atoms with Crippen molar-refractivity contribution in [3.8, 4) is 6.01 Å². The Morgan fingerprint density at radius 3 is 2.94 bits per heavy atom. The van der Waals surface area contributed by atoms with Crippen LogP contribution in [-0.2, 0) is 17.7 Å². The molecule has 1 aliphatic heterocycles. The number of hydrogen-bond acceptors (Lipinski definition) is 9. The molecule has 0 amide bonds. The number of morpholine rings is 1. The maximum atomic E-state index is 5.81. The zero-order valence-electron chi connectivity index (χ0n) is 17.6. The molecule has 1 N–H and O–H groups in total. The molecule has 3 heterocycles. The highest BCUT2D eigenvalue weighted by atomic mass is 16.5. The molecule has 1 aromatic carbocycles. The molecule has 0 spiro atoms. The van der Waals surface area contributed by atoms with E-state index < -0.39 is 0 Å². The SMILES string of the molecule is C1=C(/C=N\Nc2nc(OCCn3ccnc3)nc(N3CCOCC3)n2)c2ccccc2C1. The highest BCUT2D eigenvalue weighted by Gasteiger charge is 2.17. The molecule has 1 fully saturated rings. The van der Waals surface area contributed by atoms with E-state index in [0.29, 0.717) is 51.4 Å². The van der Waals surface area contributed by atoms with Gasteiger partial charge in [0.1, 0.15) is 6.61 Å². The van der Waals surface area contributed by atoms with Crippen LogP contribution in [0.25, 0.3) is 5.57 Å². The fraction of sp³-hybridized carbons (Fsp3) is 0.318. The number of nitrogens with zero attached hydrogens (tertiary/aromatic N) is 7. The number of benzene rings is 1. The third-order valence-electron chi connectivity index (χ3n) is 5.28. The number of allylic oxidation sites excluding steroid dienone is 2. The predicted molar refractivity (Wildman–Crippen MR) is 121 cm³/mol. The van der Waals surface area contributed by atoms with E-state index in [-0.39, 0.29) is 6.01 Å². The van der Waals surface area contributed by atoms with Crippen molar-refractivity contribution >= 4 is 23.7 Å². The molecule has 5 rings (SSSR count). The van der Waals surface area contributed by atoms with E-state index in [4.69, 9.17) is 9.47 Å². The van der Waals surface area contributed by atoms with E-state index in [9.17, 15) is 0 Å². The third-order valence-corrected chi connectivity index (χ3v) is 5.28. The molecule has 164 valence electrons. The van der Waals surface area contributed by atoms with Gasteiger partial charge in [0.25, 0.3) is 5.95 Å². The lowest BCUT2D eigenvalue weighted by molar-refractivity contribution is 0.122. The zero-order chi connectivity index (χ0) is 21.6. The number of hydrazone groups is 1. The number of fused-ring (bicyclic) bond motifs is 1. The second-order valence-corrected chi connectivity index (χ2v) is 7.38. The number of nitrogens with one attached hydrogen (secondary N) is 1. The number of anilines is 2. The molecule has 2 aromatic heterocycles. The second-order valence-electron chi connectivity index (χ2n) is 7.38. The Hall–Kier alpha value is -3.79. The summed E-state index contributed by atoms with van der Waals surface area (Å²) in [6, 6.07) is 8.58. The molecule has 0 saturated carbocycles. The largest absolute Gasteiger partial charge is 0.461 e. The van der Waals surface area contributed by atoms with Gasteiger partial charge in [0.05, 0.1) is 32.3 Å². The van der Waals surface area contributed by atoms with Crippen LogP contribution in [0.3, 0.4) is 0 Å². The van der Waals surface area contributed by atoms with Crippen LogP contribution in [-0.4, -0.2) is 63.6 Å². The number of imidazole rings is 1. The van der Waals surface area contributed by atoms with Crippen LogP contribution in [0.2, 0.25) is 0 Å². The first kappa shape index (κ1) is 20.1. The first-order chi connectivity index (χ1) is 15.8. The smallest absolute Gasteiger partial charge is 0.323 e. The van der Waals surface area contributed by atoms with Crippen molar-refractivity contribution in [3.63, 3.8) is 0 Å². The maximum Gasteiger partial charge on any atom is 0.323 e. The summed E-state index contributed by atoms with van der Waals surface area (Å²) in [6.45, 7) is 3.76. The van der Waals surface area contributed by atoms with E-state index in [1.165, 1.54) is 11.1 Å². The van der Waals surface area contributed by atoms with Gasteiger partial charge in [0, 0.05) is 25.5 Å². The highest BCUT2D eigenvalue weighted by Crippen LogP contribution is 2.25. The van der Waals surface area contributed by atoms with E-state index in [2.05, 4.69) is 59.6 Å². The monoisotopic (exact) mass is 432 g/mol. The van der Waals surface area contributed by atoms with E-state index in [1.807, 2.05) is 16.8 Å². The number of hydrogen-bond donors (Lipinski definition) is 1. The van der Waals surface area contributed by atoms with Gasteiger partial charge in [-0.1, -0.05) is 30.3 Å². The van der Waals surface area contributed by atoms with Crippen molar-refractivity contribution < 1.29 is 9.47 Å². The van der Waals surface area contributed by atoms with Gasteiger partial charge in [-0.25, -0.2) is 10.4 Å². The van der Waals surface area contributed by atoms with Gasteiger partial charge in [-0.05, 0) is 23.1 Å². The molecule has 1 saturated heterocycles. The molecule has 0 radical (unpaired) electrons. The Balaban J connectivity index is 1.29. The first-order valence-corrected chi connectivity index (χ1v) is 10.6. The lowest BCUT2D eigenvalue weighted by Crippen LogP contribution is -2.37. The molecule has 2 aliphatic rings. The van der Waals surface area contributed by atoms with Crippen LogP contribution in [0.1, 0.15) is 11.1 Å². The van der Waals surface area contributed by atoms with Crippen LogP contribution >= 0.6 is 0 Å².